The van der Waals surface area contributed by atoms with E-state index in [4.69, 9.17) is 28.8 Å². The average molecular weight is 660 g/mol. The lowest BCUT2D eigenvalue weighted by Crippen LogP contribution is -2.36. The Morgan fingerprint density at radius 1 is 1.18 bits per heavy atom. The van der Waals surface area contributed by atoms with Crippen molar-refractivity contribution in [1.82, 2.24) is 39.0 Å². The Balaban J connectivity index is 1.11. The molecular weight excluding hydrogens is 639 g/mol. The van der Waals surface area contributed by atoms with E-state index in [2.05, 4.69) is 29.9 Å². The number of phosphoric acid groups is 1. The number of anilines is 1. The Kier molecular flexibility index (Phi) is 6.79. The summed E-state index contributed by atoms with van der Waals surface area (Å²) in [5.74, 6) is -0.293. The first kappa shape index (κ1) is 29.2. The Morgan fingerprint density at radius 2 is 1.91 bits per heavy atom. The standard InChI is InChI=1S/C20H20FN9O12P2/c21-20-11(31)12(20)40-18(30-5-26-10-15(30)27-19(22)28-17(10)33)13(20)42-44(36,37)38-2-7-6(41-43(34)35)1-8(39-7)29-4-25-9-14(29)23-3-24-16(9)32/h3-8,11-13,18,31H,1-2H2,(H5-,22,23,24,27,28,32,33,34,35,36,37)/p+1/t6-,7+,8+,11?,12+,13-,18+,20+/m0/s1. The Bertz CT molecular complexity index is 1970. The molecule has 0 amide bonds. The molecule has 4 aromatic heterocycles. The molecule has 0 spiro atoms. The van der Waals surface area contributed by atoms with E-state index in [-0.39, 0.29) is 34.7 Å². The number of aromatic amines is 2. The Morgan fingerprint density at radius 3 is 2.66 bits per heavy atom. The van der Waals surface area contributed by atoms with Crippen molar-refractivity contribution in [1.29, 1.82) is 0 Å². The minimum atomic E-state index is -5.20. The molecule has 44 heavy (non-hydrogen) atoms. The molecule has 0 aromatic carbocycles. The number of phosphoric ester groups is 1. The quantitative estimate of drug-likeness (QED) is 0.113. The number of H-pyrrole nitrogens is 2. The number of rotatable bonds is 9. The molecule has 3 unspecified atom stereocenters. The van der Waals surface area contributed by atoms with E-state index in [9.17, 15) is 33.6 Å². The van der Waals surface area contributed by atoms with Gasteiger partial charge >= 0.3 is 16.1 Å². The fourth-order valence-electron chi connectivity index (χ4n) is 5.41. The van der Waals surface area contributed by atoms with Crippen molar-refractivity contribution >= 4 is 44.4 Å². The van der Waals surface area contributed by atoms with Crippen molar-refractivity contribution < 1.29 is 51.5 Å². The number of imidazole rings is 2. The van der Waals surface area contributed by atoms with Gasteiger partial charge in [0.15, 0.2) is 40.3 Å². The van der Waals surface area contributed by atoms with Crippen LogP contribution in [0, 0.1) is 0 Å². The number of ether oxygens (including phenoxy) is 2. The van der Waals surface area contributed by atoms with Crippen molar-refractivity contribution in [2.45, 2.75) is 55.1 Å². The lowest BCUT2D eigenvalue weighted by molar-refractivity contribution is -0.0845. The molecule has 1 saturated carbocycles. The third kappa shape index (κ3) is 4.67. The van der Waals surface area contributed by atoms with Gasteiger partial charge in [0.05, 0.1) is 25.6 Å². The zero-order valence-electron chi connectivity index (χ0n) is 21.7. The molecule has 7 rings (SSSR count). The summed E-state index contributed by atoms with van der Waals surface area (Å²) < 4.78 is 69.4. The maximum Gasteiger partial charge on any atom is 0.695 e. The van der Waals surface area contributed by atoms with Crippen LogP contribution in [0.1, 0.15) is 18.9 Å². The fraction of sp³-hybridized carbons (Fsp3) is 0.500. The van der Waals surface area contributed by atoms with Gasteiger partial charge in [0.2, 0.25) is 5.95 Å². The largest absolute Gasteiger partial charge is 0.695 e. The summed E-state index contributed by atoms with van der Waals surface area (Å²) in [6.07, 6.45) is -6.65. The van der Waals surface area contributed by atoms with Crippen LogP contribution in [0.5, 0.6) is 0 Å². The molecule has 0 bridgehead atoms. The molecule has 234 valence electrons. The van der Waals surface area contributed by atoms with E-state index < -0.39 is 82.4 Å². The van der Waals surface area contributed by atoms with Crippen molar-refractivity contribution in [3.63, 3.8) is 0 Å². The van der Waals surface area contributed by atoms with Gasteiger partial charge in [0.1, 0.15) is 30.6 Å². The number of halogens is 1. The lowest BCUT2D eigenvalue weighted by Gasteiger charge is -2.27. The van der Waals surface area contributed by atoms with Crippen LogP contribution in [0.2, 0.25) is 0 Å². The number of nitrogens with two attached hydrogens (primary N) is 1. The van der Waals surface area contributed by atoms with Crippen LogP contribution >= 0.6 is 16.1 Å². The van der Waals surface area contributed by atoms with Gasteiger partial charge < -0.3 is 30.2 Å². The first-order valence-corrected chi connectivity index (χ1v) is 15.3. The van der Waals surface area contributed by atoms with Crippen LogP contribution in [0.15, 0.2) is 28.6 Å². The van der Waals surface area contributed by atoms with Crippen molar-refractivity contribution in [3.8, 4) is 0 Å². The number of alkyl halides is 1. The number of nitrogen functional groups attached to an aromatic ring is 1. The molecule has 2 aliphatic heterocycles. The van der Waals surface area contributed by atoms with Gasteiger partial charge in [0, 0.05) is 11.0 Å². The van der Waals surface area contributed by atoms with Crippen molar-refractivity contribution in [3.05, 3.63) is 39.7 Å². The zero-order valence-corrected chi connectivity index (χ0v) is 23.5. The zero-order chi connectivity index (χ0) is 31.1. The van der Waals surface area contributed by atoms with Gasteiger partial charge in [-0.3, -0.25) is 32.8 Å². The maximum absolute atomic E-state index is 15.7. The average Bonchev–Trinajstić information content (AvgIpc) is 3.53. The predicted molar refractivity (Wildman–Crippen MR) is 138 cm³/mol. The second-order valence-electron chi connectivity index (χ2n) is 10.1. The van der Waals surface area contributed by atoms with E-state index in [1.165, 1.54) is 10.9 Å². The number of fused-ring (bicyclic) bond motifs is 3. The van der Waals surface area contributed by atoms with Gasteiger partial charge in [-0.05, 0) is 0 Å². The summed E-state index contributed by atoms with van der Waals surface area (Å²) in [4.78, 5) is 64.7. The molecular formula is C20H21FN9O12P2+. The highest BCUT2D eigenvalue weighted by molar-refractivity contribution is 7.47. The molecule has 6 heterocycles. The van der Waals surface area contributed by atoms with Gasteiger partial charge in [-0.1, -0.05) is 0 Å². The Labute approximate surface area is 242 Å². The molecule has 21 nitrogen and oxygen atoms in total. The van der Waals surface area contributed by atoms with E-state index in [1.807, 2.05) is 0 Å². The van der Waals surface area contributed by atoms with Crippen LogP contribution in [-0.4, -0.2) is 96.7 Å². The van der Waals surface area contributed by atoms with Gasteiger partial charge in [-0.25, -0.2) is 23.9 Å². The highest BCUT2D eigenvalue weighted by atomic mass is 31.2. The van der Waals surface area contributed by atoms with Crippen LogP contribution in [0.3, 0.4) is 0 Å². The topological polar surface area (TPSA) is 294 Å². The van der Waals surface area contributed by atoms with Crippen molar-refractivity contribution in [2.24, 2.45) is 0 Å². The highest BCUT2D eigenvalue weighted by Crippen LogP contribution is 2.62. The number of hydrogen-bond donors (Lipinski definition) is 6. The van der Waals surface area contributed by atoms with E-state index in [0.29, 0.717) is 0 Å². The SMILES string of the molecule is Nc1nc2c(ncn2[C@@H]2O[C@@H]3C(O)[C@]3(F)[C@H]2OP(=O)(O)OC[C@H]2O[C@@H](n3cnc4c(=O)[nH]cnc43)C[C@@H]2O[P+](=O)O)c(=O)[nH]1. The molecule has 0 radical (unpaired) electrons. The van der Waals surface area contributed by atoms with Gasteiger partial charge in [0.25, 0.3) is 11.1 Å². The summed E-state index contributed by atoms with van der Waals surface area (Å²) in [6.45, 7) is -0.760. The van der Waals surface area contributed by atoms with Crippen LogP contribution in [0.4, 0.5) is 10.3 Å². The minimum Gasteiger partial charge on any atom is -0.387 e. The first-order chi connectivity index (χ1) is 20.9. The van der Waals surface area contributed by atoms with E-state index >= 15 is 4.39 Å². The molecule has 1 aliphatic carbocycles. The van der Waals surface area contributed by atoms with E-state index in [0.717, 1.165) is 17.2 Å². The number of nitrogens with one attached hydrogen (secondary N) is 2. The molecule has 7 N–H and O–H groups in total. The second kappa shape index (κ2) is 10.2. The van der Waals surface area contributed by atoms with E-state index in [1.54, 1.807) is 0 Å². The normalized spacial score (nSPS) is 33.1. The monoisotopic (exact) mass is 660 g/mol. The minimum absolute atomic E-state index is 0.00279. The Hall–Kier alpha value is -3.56. The number of aliphatic hydroxyl groups excluding tert-OH is 1. The summed E-state index contributed by atoms with van der Waals surface area (Å²) in [5, 5.41) is 10.1. The predicted octanol–water partition coefficient (Wildman–Crippen LogP) is -1.36. The van der Waals surface area contributed by atoms with Crippen LogP contribution < -0.4 is 16.9 Å². The third-order valence-electron chi connectivity index (χ3n) is 7.50. The maximum atomic E-state index is 15.7. The second-order valence-corrected chi connectivity index (χ2v) is 12.2. The fourth-order valence-corrected chi connectivity index (χ4v) is 6.82. The molecule has 3 aliphatic rings. The third-order valence-corrected chi connectivity index (χ3v) is 8.92. The summed E-state index contributed by atoms with van der Waals surface area (Å²) in [7, 11) is -8.35. The van der Waals surface area contributed by atoms with Gasteiger partial charge in [-0.15, -0.1) is 9.42 Å². The van der Waals surface area contributed by atoms with Crippen LogP contribution in [0.25, 0.3) is 22.3 Å². The molecule has 4 aromatic rings. The summed E-state index contributed by atoms with van der Waals surface area (Å²) >= 11 is 0. The molecule has 10 atom stereocenters. The smallest absolute Gasteiger partial charge is 0.387 e. The number of aliphatic hydroxyl groups is 1. The van der Waals surface area contributed by atoms with Gasteiger partial charge in [-0.2, -0.15) is 4.98 Å². The number of nitrogens with zero attached hydrogens (tertiary/aromatic N) is 6. The summed E-state index contributed by atoms with van der Waals surface area (Å²) in [6, 6.07) is 0. The number of hydrogen-bond acceptors (Lipinski definition) is 15. The number of aromatic nitrogens is 8. The molecule has 3 fully saturated rings. The molecule has 2 saturated heterocycles. The lowest BCUT2D eigenvalue weighted by atomic mass is 10.2. The summed E-state index contributed by atoms with van der Waals surface area (Å²) in [5.41, 5.74) is 1.53. The van der Waals surface area contributed by atoms with Crippen LogP contribution in [-0.2, 0) is 32.2 Å². The van der Waals surface area contributed by atoms with Crippen molar-refractivity contribution in [2.75, 3.05) is 12.3 Å². The first-order valence-electron chi connectivity index (χ1n) is 12.7. The highest BCUT2D eigenvalue weighted by Gasteiger charge is 2.80. The molecule has 24 heteroatoms.